The van der Waals surface area contributed by atoms with E-state index in [1.165, 1.54) is 0 Å². The molecule has 6 heteroatoms. The number of piperidine rings is 1. The fourth-order valence-corrected chi connectivity index (χ4v) is 3.91. The third kappa shape index (κ3) is 2.61. The normalized spacial score (nSPS) is 25.2. The molecule has 0 radical (unpaired) electrons. The lowest BCUT2D eigenvalue weighted by Gasteiger charge is -2.26. The quantitative estimate of drug-likeness (QED) is 0.907. The molecular formula is C17H23N5O. The SMILES string of the molecule is Cn1c([C@@H]2CCN(C(=O)[C@H]3CCCNC3)C2)nc2ccncc21. The van der Waals surface area contributed by atoms with E-state index in [0.29, 0.717) is 11.8 Å². The first-order valence-corrected chi connectivity index (χ1v) is 8.50. The van der Waals surface area contributed by atoms with Crippen LogP contribution in [-0.2, 0) is 11.8 Å². The summed E-state index contributed by atoms with van der Waals surface area (Å²) < 4.78 is 2.13. The summed E-state index contributed by atoms with van der Waals surface area (Å²) in [5, 5.41) is 3.34. The van der Waals surface area contributed by atoms with Crippen molar-refractivity contribution in [3.05, 3.63) is 24.3 Å². The molecule has 1 N–H and O–H groups in total. The first-order chi connectivity index (χ1) is 11.2. The fraction of sp³-hybridized carbons (Fsp3) is 0.588. The molecule has 23 heavy (non-hydrogen) atoms. The number of amides is 1. The van der Waals surface area contributed by atoms with E-state index in [-0.39, 0.29) is 5.92 Å². The van der Waals surface area contributed by atoms with E-state index in [1.54, 1.807) is 6.20 Å². The molecule has 2 saturated heterocycles. The summed E-state index contributed by atoms with van der Waals surface area (Å²) >= 11 is 0. The molecule has 2 aliphatic heterocycles. The molecule has 0 unspecified atom stereocenters. The fourth-order valence-electron chi connectivity index (χ4n) is 3.91. The monoisotopic (exact) mass is 313 g/mol. The van der Waals surface area contributed by atoms with Gasteiger partial charge in [-0.2, -0.15) is 0 Å². The van der Waals surface area contributed by atoms with Crippen molar-refractivity contribution in [2.75, 3.05) is 26.2 Å². The van der Waals surface area contributed by atoms with Gasteiger partial charge < -0.3 is 14.8 Å². The molecule has 2 atom stereocenters. The number of hydrogen-bond acceptors (Lipinski definition) is 4. The Kier molecular flexibility index (Phi) is 3.77. The zero-order chi connectivity index (χ0) is 15.8. The number of carbonyl (C=O) groups excluding carboxylic acids is 1. The van der Waals surface area contributed by atoms with Crippen molar-refractivity contribution in [2.24, 2.45) is 13.0 Å². The number of likely N-dealkylation sites (tertiary alicyclic amines) is 1. The number of nitrogens with one attached hydrogen (secondary N) is 1. The third-order valence-electron chi connectivity index (χ3n) is 5.23. The topological polar surface area (TPSA) is 63.1 Å². The minimum atomic E-state index is 0.159. The van der Waals surface area contributed by atoms with E-state index in [1.807, 2.05) is 24.2 Å². The summed E-state index contributed by atoms with van der Waals surface area (Å²) in [6, 6.07) is 1.95. The van der Waals surface area contributed by atoms with Gasteiger partial charge in [-0.25, -0.2) is 4.98 Å². The van der Waals surface area contributed by atoms with Crippen LogP contribution in [0.5, 0.6) is 0 Å². The van der Waals surface area contributed by atoms with Gasteiger partial charge in [0, 0.05) is 38.8 Å². The molecule has 4 heterocycles. The maximum Gasteiger partial charge on any atom is 0.226 e. The van der Waals surface area contributed by atoms with Gasteiger partial charge in [-0.05, 0) is 31.9 Å². The third-order valence-corrected chi connectivity index (χ3v) is 5.23. The molecule has 6 nitrogen and oxygen atoms in total. The van der Waals surface area contributed by atoms with Crippen LogP contribution in [0.25, 0.3) is 11.0 Å². The first kappa shape index (κ1) is 14.6. The summed E-state index contributed by atoms with van der Waals surface area (Å²) in [5.41, 5.74) is 2.04. The average molecular weight is 313 g/mol. The van der Waals surface area contributed by atoms with Crippen molar-refractivity contribution in [3.8, 4) is 0 Å². The number of rotatable bonds is 2. The largest absolute Gasteiger partial charge is 0.342 e. The maximum atomic E-state index is 12.7. The van der Waals surface area contributed by atoms with E-state index in [9.17, 15) is 4.79 Å². The number of fused-ring (bicyclic) bond motifs is 1. The molecule has 0 bridgehead atoms. The highest BCUT2D eigenvalue weighted by Gasteiger charge is 2.33. The molecule has 2 aliphatic rings. The molecule has 4 rings (SSSR count). The molecule has 0 spiro atoms. The van der Waals surface area contributed by atoms with Crippen molar-refractivity contribution < 1.29 is 4.79 Å². The van der Waals surface area contributed by atoms with Gasteiger partial charge in [-0.1, -0.05) is 0 Å². The minimum Gasteiger partial charge on any atom is -0.342 e. The lowest BCUT2D eigenvalue weighted by atomic mass is 9.98. The number of pyridine rings is 1. The van der Waals surface area contributed by atoms with Gasteiger partial charge in [0.05, 0.1) is 23.1 Å². The van der Waals surface area contributed by atoms with Gasteiger partial charge in [0.2, 0.25) is 5.91 Å². The second-order valence-electron chi connectivity index (χ2n) is 6.71. The predicted molar refractivity (Wildman–Crippen MR) is 88.0 cm³/mol. The zero-order valence-electron chi connectivity index (χ0n) is 13.5. The lowest BCUT2D eigenvalue weighted by Crippen LogP contribution is -2.42. The maximum absolute atomic E-state index is 12.7. The Morgan fingerprint density at radius 1 is 1.39 bits per heavy atom. The lowest BCUT2D eigenvalue weighted by molar-refractivity contribution is -0.135. The Labute approximate surface area is 135 Å². The second-order valence-corrected chi connectivity index (χ2v) is 6.71. The van der Waals surface area contributed by atoms with E-state index < -0.39 is 0 Å². The van der Waals surface area contributed by atoms with Crippen LogP contribution in [0.15, 0.2) is 18.5 Å². The van der Waals surface area contributed by atoms with Crippen LogP contribution in [0.4, 0.5) is 0 Å². The highest BCUT2D eigenvalue weighted by Crippen LogP contribution is 2.30. The summed E-state index contributed by atoms with van der Waals surface area (Å²) in [7, 11) is 2.04. The summed E-state index contributed by atoms with van der Waals surface area (Å²) in [6.45, 7) is 3.51. The molecular weight excluding hydrogens is 290 g/mol. The minimum absolute atomic E-state index is 0.159. The second kappa shape index (κ2) is 5.92. The predicted octanol–water partition coefficient (Wildman–Crippen LogP) is 1.28. The van der Waals surface area contributed by atoms with Gasteiger partial charge in [-0.15, -0.1) is 0 Å². The molecule has 1 amide bonds. The van der Waals surface area contributed by atoms with Gasteiger partial charge in [0.1, 0.15) is 5.82 Å². The van der Waals surface area contributed by atoms with Gasteiger partial charge in [0.15, 0.2) is 0 Å². The van der Waals surface area contributed by atoms with Crippen molar-refractivity contribution in [1.29, 1.82) is 0 Å². The summed E-state index contributed by atoms with van der Waals surface area (Å²) in [4.78, 5) is 23.7. The Balaban J connectivity index is 1.51. The standard InChI is InChI=1S/C17H23N5O/c1-21-15-10-19-7-4-14(15)20-16(21)13-5-8-22(11-13)17(23)12-3-2-6-18-9-12/h4,7,10,12-13,18H,2-3,5-6,8-9,11H2,1H3/t12-,13+/m0/s1. The van der Waals surface area contributed by atoms with Crippen LogP contribution < -0.4 is 5.32 Å². The first-order valence-electron chi connectivity index (χ1n) is 8.50. The molecule has 122 valence electrons. The number of aromatic nitrogens is 3. The van der Waals surface area contributed by atoms with Gasteiger partial charge >= 0.3 is 0 Å². The number of carbonyl (C=O) groups is 1. The van der Waals surface area contributed by atoms with Gasteiger partial charge in [-0.3, -0.25) is 9.78 Å². The molecule has 2 aromatic heterocycles. The molecule has 2 aromatic rings. The van der Waals surface area contributed by atoms with Crippen LogP contribution in [0.2, 0.25) is 0 Å². The van der Waals surface area contributed by atoms with Crippen LogP contribution in [0, 0.1) is 5.92 Å². The summed E-state index contributed by atoms with van der Waals surface area (Å²) in [6.07, 6.45) is 6.75. The van der Waals surface area contributed by atoms with Crippen LogP contribution in [0.1, 0.15) is 31.0 Å². The zero-order valence-corrected chi connectivity index (χ0v) is 13.5. The van der Waals surface area contributed by atoms with Crippen molar-refractivity contribution in [3.63, 3.8) is 0 Å². The van der Waals surface area contributed by atoms with E-state index in [4.69, 9.17) is 4.98 Å². The Bertz CT molecular complexity index is 719. The number of hydrogen-bond donors (Lipinski definition) is 1. The molecule has 0 aromatic carbocycles. The molecule has 0 saturated carbocycles. The Morgan fingerprint density at radius 2 is 2.30 bits per heavy atom. The highest BCUT2D eigenvalue weighted by atomic mass is 16.2. The van der Waals surface area contributed by atoms with Crippen LogP contribution in [-0.4, -0.2) is 51.5 Å². The molecule has 2 fully saturated rings. The number of aryl methyl sites for hydroxylation is 1. The van der Waals surface area contributed by atoms with E-state index in [2.05, 4.69) is 14.9 Å². The molecule has 0 aliphatic carbocycles. The Morgan fingerprint density at radius 3 is 3.09 bits per heavy atom. The average Bonchev–Trinajstić information content (AvgIpc) is 3.20. The Hall–Kier alpha value is -1.95. The summed E-state index contributed by atoms with van der Waals surface area (Å²) in [5.74, 6) is 1.88. The van der Waals surface area contributed by atoms with Gasteiger partial charge in [0.25, 0.3) is 0 Å². The van der Waals surface area contributed by atoms with Crippen LogP contribution >= 0.6 is 0 Å². The van der Waals surface area contributed by atoms with Crippen LogP contribution in [0.3, 0.4) is 0 Å². The number of nitrogens with zero attached hydrogens (tertiary/aromatic N) is 4. The smallest absolute Gasteiger partial charge is 0.226 e. The van der Waals surface area contributed by atoms with Crippen molar-refractivity contribution in [1.82, 2.24) is 24.8 Å². The van der Waals surface area contributed by atoms with E-state index in [0.717, 1.165) is 62.3 Å². The van der Waals surface area contributed by atoms with E-state index >= 15 is 0 Å². The van der Waals surface area contributed by atoms with Crippen molar-refractivity contribution >= 4 is 16.9 Å². The highest BCUT2D eigenvalue weighted by molar-refractivity contribution is 5.79. The number of imidazole rings is 1. The van der Waals surface area contributed by atoms with Crippen molar-refractivity contribution in [2.45, 2.75) is 25.2 Å².